The van der Waals surface area contributed by atoms with Crippen LogP contribution in [0.1, 0.15) is 32.0 Å². The second kappa shape index (κ2) is 7.68. The SMILES string of the molecule is C[C@@H]1C[C@@H]1C(=O)NCCC(=O)N(C)CCCc1nc2ccccc2[nH]1. The molecule has 2 atom stereocenters. The normalized spacial score (nSPS) is 19.0. The first kappa shape index (κ1) is 17.5. The highest BCUT2D eigenvalue weighted by atomic mass is 16.2. The van der Waals surface area contributed by atoms with Gasteiger partial charge in [-0.2, -0.15) is 0 Å². The van der Waals surface area contributed by atoms with E-state index in [1.807, 2.05) is 31.3 Å². The van der Waals surface area contributed by atoms with Gasteiger partial charge in [-0.25, -0.2) is 4.98 Å². The van der Waals surface area contributed by atoms with Gasteiger partial charge in [0.1, 0.15) is 5.82 Å². The van der Waals surface area contributed by atoms with Gasteiger partial charge in [0.15, 0.2) is 0 Å². The zero-order chi connectivity index (χ0) is 17.8. The summed E-state index contributed by atoms with van der Waals surface area (Å²) in [7, 11) is 1.81. The van der Waals surface area contributed by atoms with Gasteiger partial charge >= 0.3 is 0 Å². The van der Waals surface area contributed by atoms with Gasteiger partial charge in [-0.1, -0.05) is 19.1 Å². The molecule has 6 heteroatoms. The first-order valence-electron chi connectivity index (χ1n) is 9.00. The van der Waals surface area contributed by atoms with Crippen molar-refractivity contribution in [1.29, 1.82) is 0 Å². The number of carbonyl (C=O) groups is 2. The number of carbonyl (C=O) groups excluding carboxylic acids is 2. The Kier molecular flexibility index (Phi) is 5.36. The summed E-state index contributed by atoms with van der Waals surface area (Å²) < 4.78 is 0. The predicted octanol–water partition coefficient (Wildman–Crippen LogP) is 2.12. The highest BCUT2D eigenvalue weighted by Crippen LogP contribution is 2.37. The van der Waals surface area contributed by atoms with E-state index < -0.39 is 0 Å². The van der Waals surface area contributed by atoms with Crippen LogP contribution in [0, 0.1) is 11.8 Å². The van der Waals surface area contributed by atoms with Crippen LogP contribution in [0.15, 0.2) is 24.3 Å². The van der Waals surface area contributed by atoms with E-state index in [0.29, 0.717) is 25.4 Å². The van der Waals surface area contributed by atoms with Crippen LogP contribution >= 0.6 is 0 Å². The minimum absolute atomic E-state index is 0.0637. The van der Waals surface area contributed by atoms with Gasteiger partial charge in [0, 0.05) is 38.9 Å². The number of nitrogens with one attached hydrogen (secondary N) is 2. The van der Waals surface area contributed by atoms with E-state index in [1.165, 1.54) is 0 Å². The molecule has 1 aliphatic carbocycles. The topological polar surface area (TPSA) is 78.1 Å². The summed E-state index contributed by atoms with van der Waals surface area (Å²) in [6.45, 7) is 3.18. The molecule has 1 heterocycles. The molecule has 6 nitrogen and oxygen atoms in total. The van der Waals surface area contributed by atoms with E-state index in [0.717, 1.165) is 36.1 Å². The Balaban J connectivity index is 1.34. The summed E-state index contributed by atoms with van der Waals surface area (Å²) in [6.07, 6.45) is 2.99. The summed E-state index contributed by atoms with van der Waals surface area (Å²) in [5.74, 6) is 1.77. The summed E-state index contributed by atoms with van der Waals surface area (Å²) in [6, 6.07) is 7.96. The number of nitrogens with zero attached hydrogens (tertiary/aromatic N) is 2. The number of benzene rings is 1. The van der Waals surface area contributed by atoms with Crippen molar-refractivity contribution in [3.8, 4) is 0 Å². The molecular weight excluding hydrogens is 316 g/mol. The lowest BCUT2D eigenvalue weighted by atomic mass is 10.2. The molecule has 2 N–H and O–H groups in total. The second-order valence-corrected chi connectivity index (χ2v) is 6.98. The van der Waals surface area contributed by atoms with Crippen LogP contribution in [0.2, 0.25) is 0 Å². The van der Waals surface area contributed by atoms with Gasteiger partial charge in [-0.15, -0.1) is 0 Å². The fraction of sp³-hybridized carbons (Fsp3) is 0.526. The number of aryl methyl sites for hydroxylation is 1. The van der Waals surface area contributed by atoms with E-state index in [4.69, 9.17) is 0 Å². The van der Waals surface area contributed by atoms with E-state index in [-0.39, 0.29) is 17.7 Å². The first-order valence-corrected chi connectivity index (χ1v) is 9.00. The highest BCUT2D eigenvalue weighted by Gasteiger charge is 2.38. The molecule has 0 bridgehead atoms. The third kappa shape index (κ3) is 4.59. The minimum Gasteiger partial charge on any atom is -0.355 e. The largest absolute Gasteiger partial charge is 0.355 e. The van der Waals surface area contributed by atoms with Crippen LogP contribution in [-0.4, -0.2) is 46.8 Å². The van der Waals surface area contributed by atoms with Gasteiger partial charge in [0.25, 0.3) is 0 Å². The van der Waals surface area contributed by atoms with Crippen molar-refractivity contribution in [2.45, 2.75) is 32.6 Å². The second-order valence-electron chi connectivity index (χ2n) is 6.98. The number of amides is 2. The first-order chi connectivity index (χ1) is 12.0. The highest BCUT2D eigenvalue weighted by molar-refractivity contribution is 5.82. The molecule has 2 aromatic rings. The summed E-state index contributed by atoms with van der Waals surface area (Å²) in [5, 5.41) is 2.86. The van der Waals surface area contributed by atoms with Crippen LogP contribution < -0.4 is 5.32 Å². The summed E-state index contributed by atoms with van der Waals surface area (Å²) in [5.41, 5.74) is 2.02. The number of aromatic amines is 1. The Bertz CT molecular complexity index is 722. The fourth-order valence-corrected chi connectivity index (χ4v) is 3.03. The smallest absolute Gasteiger partial charge is 0.224 e. The van der Waals surface area contributed by atoms with E-state index in [2.05, 4.69) is 22.2 Å². The zero-order valence-corrected chi connectivity index (χ0v) is 14.9. The van der Waals surface area contributed by atoms with Crippen LogP contribution in [-0.2, 0) is 16.0 Å². The number of para-hydroxylation sites is 2. The van der Waals surface area contributed by atoms with Crippen molar-refractivity contribution in [2.75, 3.05) is 20.1 Å². The van der Waals surface area contributed by atoms with Crippen molar-refractivity contribution in [1.82, 2.24) is 20.2 Å². The van der Waals surface area contributed by atoms with Crippen LogP contribution in [0.3, 0.4) is 0 Å². The number of hydrogen-bond acceptors (Lipinski definition) is 3. The monoisotopic (exact) mass is 342 g/mol. The Morgan fingerprint density at radius 2 is 2.12 bits per heavy atom. The quantitative estimate of drug-likeness (QED) is 0.771. The molecule has 134 valence electrons. The van der Waals surface area contributed by atoms with Crippen molar-refractivity contribution in [3.63, 3.8) is 0 Å². The number of imidazole rings is 1. The Morgan fingerprint density at radius 1 is 1.36 bits per heavy atom. The van der Waals surface area contributed by atoms with Crippen LogP contribution in [0.4, 0.5) is 0 Å². The Morgan fingerprint density at radius 3 is 2.84 bits per heavy atom. The molecule has 1 saturated carbocycles. The molecule has 1 aliphatic rings. The number of aromatic nitrogens is 2. The molecule has 0 radical (unpaired) electrons. The summed E-state index contributed by atoms with van der Waals surface area (Å²) in [4.78, 5) is 33.4. The lowest BCUT2D eigenvalue weighted by molar-refractivity contribution is -0.130. The fourth-order valence-electron chi connectivity index (χ4n) is 3.03. The number of rotatable bonds is 8. The van der Waals surface area contributed by atoms with Crippen LogP contribution in [0.25, 0.3) is 11.0 Å². The molecule has 3 rings (SSSR count). The average molecular weight is 342 g/mol. The maximum atomic E-state index is 12.1. The maximum absolute atomic E-state index is 12.1. The molecule has 0 aliphatic heterocycles. The molecular formula is C19H26N4O2. The van der Waals surface area contributed by atoms with Gasteiger partial charge < -0.3 is 15.2 Å². The molecule has 2 amide bonds. The average Bonchev–Trinajstić information content (AvgIpc) is 3.18. The Hall–Kier alpha value is -2.37. The van der Waals surface area contributed by atoms with Crippen molar-refractivity contribution in [3.05, 3.63) is 30.1 Å². The van der Waals surface area contributed by atoms with Gasteiger partial charge in [0.2, 0.25) is 11.8 Å². The van der Waals surface area contributed by atoms with E-state index >= 15 is 0 Å². The molecule has 1 aromatic heterocycles. The predicted molar refractivity (Wildman–Crippen MR) is 96.9 cm³/mol. The van der Waals surface area contributed by atoms with Crippen molar-refractivity contribution < 1.29 is 9.59 Å². The molecule has 0 saturated heterocycles. The molecule has 1 fully saturated rings. The van der Waals surface area contributed by atoms with Gasteiger partial charge in [0.05, 0.1) is 11.0 Å². The number of hydrogen-bond donors (Lipinski definition) is 2. The standard InChI is InChI=1S/C19H26N4O2/c1-13-12-14(13)19(25)20-10-9-18(24)23(2)11-5-8-17-21-15-6-3-4-7-16(15)22-17/h3-4,6-7,13-14H,5,8-12H2,1-2H3,(H,20,25)(H,21,22)/t13-,14+/m1/s1. The third-order valence-corrected chi connectivity index (χ3v) is 4.86. The molecule has 0 spiro atoms. The third-order valence-electron chi connectivity index (χ3n) is 4.86. The summed E-state index contributed by atoms with van der Waals surface area (Å²) >= 11 is 0. The Labute approximate surface area is 148 Å². The lowest BCUT2D eigenvalue weighted by Gasteiger charge is -2.17. The van der Waals surface area contributed by atoms with E-state index in [9.17, 15) is 9.59 Å². The minimum atomic E-state index is 0.0637. The molecule has 1 aromatic carbocycles. The lowest BCUT2D eigenvalue weighted by Crippen LogP contribution is -2.33. The van der Waals surface area contributed by atoms with Crippen LogP contribution in [0.5, 0.6) is 0 Å². The van der Waals surface area contributed by atoms with E-state index in [1.54, 1.807) is 4.90 Å². The number of fused-ring (bicyclic) bond motifs is 1. The van der Waals surface area contributed by atoms with Crippen molar-refractivity contribution >= 4 is 22.8 Å². The molecule has 25 heavy (non-hydrogen) atoms. The van der Waals surface area contributed by atoms with Gasteiger partial charge in [-0.05, 0) is 30.9 Å². The number of H-pyrrole nitrogens is 1. The van der Waals surface area contributed by atoms with Crippen molar-refractivity contribution in [2.24, 2.45) is 11.8 Å². The van der Waals surface area contributed by atoms with Gasteiger partial charge in [-0.3, -0.25) is 9.59 Å². The molecule has 0 unspecified atom stereocenters. The zero-order valence-electron chi connectivity index (χ0n) is 14.9. The maximum Gasteiger partial charge on any atom is 0.224 e.